The van der Waals surface area contributed by atoms with Crippen LogP contribution in [0, 0.1) is 0 Å². The van der Waals surface area contributed by atoms with Crippen LogP contribution in [0.2, 0.25) is 5.02 Å². The number of hydrogen-bond donors (Lipinski definition) is 1. The first-order chi connectivity index (χ1) is 7.08. The van der Waals surface area contributed by atoms with E-state index in [1.165, 1.54) is 12.1 Å². The van der Waals surface area contributed by atoms with Crippen molar-refractivity contribution in [3.05, 3.63) is 35.0 Å². The van der Waals surface area contributed by atoms with Gasteiger partial charge < -0.3 is 5.11 Å². The highest BCUT2D eigenvalue weighted by Crippen LogP contribution is 2.30. The maximum absolute atomic E-state index is 12.4. The highest BCUT2D eigenvalue weighted by atomic mass is 35.5. The van der Waals surface area contributed by atoms with E-state index < -0.39 is 17.9 Å². The zero-order valence-corrected chi connectivity index (χ0v) is 8.17. The third kappa shape index (κ3) is 1.85. The third-order valence-corrected chi connectivity index (χ3v) is 2.23. The molecular weight excluding hydrogens is 224 g/mol. The second-order valence-corrected chi connectivity index (χ2v) is 3.47. The monoisotopic (exact) mass is 229 g/mol. The van der Waals surface area contributed by atoms with E-state index in [0.29, 0.717) is 15.9 Å². The number of pyridine rings is 1. The van der Waals surface area contributed by atoms with Crippen molar-refractivity contribution in [1.82, 2.24) is 4.98 Å². The van der Waals surface area contributed by atoms with Gasteiger partial charge in [-0.25, -0.2) is 13.8 Å². The minimum absolute atomic E-state index is 0.343. The molecule has 2 rings (SSSR count). The van der Waals surface area contributed by atoms with E-state index in [4.69, 9.17) is 11.6 Å². The second-order valence-electron chi connectivity index (χ2n) is 3.03. The van der Waals surface area contributed by atoms with Crippen LogP contribution in [0.25, 0.3) is 10.9 Å². The quantitative estimate of drug-likeness (QED) is 0.812. The summed E-state index contributed by atoms with van der Waals surface area (Å²) in [7, 11) is 0. The van der Waals surface area contributed by atoms with Gasteiger partial charge >= 0.3 is 0 Å². The smallest absolute Gasteiger partial charge is 0.284 e. The Kier molecular flexibility index (Phi) is 2.44. The first kappa shape index (κ1) is 10.1. The van der Waals surface area contributed by atoms with Crippen molar-refractivity contribution in [3.8, 4) is 5.75 Å². The molecule has 15 heavy (non-hydrogen) atoms. The van der Waals surface area contributed by atoms with E-state index >= 15 is 0 Å². The van der Waals surface area contributed by atoms with Crippen molar-refractivity contribution >= 4 is 22.5 Å². The molecule has 0 aliphatic carbocycles. The summed E-state index contributed by atoms with van der Waals surface area (Å²) in [5.74, 6) is -0.500. The highest BCUT2D eigenvalue weighted by Gasteiger charge is 2.15. The molecule has 2 nitrogen and oxygen atoms in total. The SMILES string of the molecule is Oc1cc2ccc(Cl)cc2nc1C(F)F. The summed E-state index contributed by atoms with van der Waals surface area (Å²) >= 11 is 5.70. The Morgan fingerprint density at radius 2 is 2.00 bits per heavy atom. The van der Waals surface area contributed by atoms with E-state index in [9.17, 15) is 13.9 Å². The molecule has 0 unspecified atom stereocenters. The van der Waals surface area contributed by atoms with E-state index in [2.05, 4.69) is 4.98 Å². The van der Waals surface area contributed by atoms with E-state index in [-0.39, 0.29) is 0 Å². The van der Waals surface area contributed by atoms with Crippen LogP contribution in [0.5, 0.6) is 5.75 Å². The average Bonchev–Trinajstić information content (AvgIpc) is 2.17. The van der Waals surface area contributed by atoms with E-state index in [1.54, 1.807) is 12.1 Å². The Morgan fingerprint density at radius 1 is 1.27 bits per heavy atom. The molecule has 0 radical (unpaired) electrons. The molecule has 0 amide bonds. The summed E-state index contributed by atoms with van der Waals surface area (Å²) in [6.45, 7) is 0. The first-order valence-electron chi connectivity index (χ1n) is 4.15. The van der Waals surface area contributed by atoms with Gasteiger partial charge in [0.2, 0.25) is 0 Å². The van der Waals surface area contributed by atoms with Gasteiger partial charge in [0, 0.05) is 10.4 Å². The number of benzene rings is 1. The van der Waals surface area contributed by atoms with Crippen LogP contribution in [0.1, 0.15) is 12.1 Å². The Morgan fingerprint density at radius 3 is 2.67 bits per heavy atom. The molecule has 0 aliphatic heterocycles. The van der Waals surface area contributed by atoms with Gasteiger partial charge in [-0.2, -0.15) is 0 Å². The zero-order chi connectivity index (χ0) is 11.0. The van der Waals surface area contributed by atoms with Gasteiger partial charge in [0.25, 0.3) is 6.43 Å². The summed E-state index contributed by atoms with van der Waals surface area (Å²) < 4.78 is 24.8. The van der Waals surface area contributed by atoms with Crippen LogP contribution < -0.4 is 0 Å². The molecule has 1 heterocycles. The topological polar surface area (TPSA) is 33.1 Å². The molecule has 0 saturated carbocycles. The number of fused-ring (bicyclic) bond motifs is 1. The Labute approximate surface area is 89.1 Å². The molecule has 0 spiro atoms. The van der Waals surface area contributed by atoms with Crippen LogP contribution in [0.15, 0.2) is 24.3 Å². The first-order valence-corrected chi connectivity index (χ1v) is 4.53. The lowest BCUT2D eigenvalue weighted by molar-refractivity contribution is 0.142. The summed E-state index contributed by atoms with van der Waals surface area (Å²) in [4.78, 5) is 3.65. The molecule has 0 aliphatic rings. The Bertz CT molecular complexity index is 516. The molecule has 1 N–H and O–H groups in total. The van der Waals surface area contributed by atoms with Gasteiger partial charge in [-0.1, -0.05) is 17.7 Å². The fourth-order valence-corrected chi connectivity index (χ4v) is 1.47. The average molecular weight is 230 g/mol. The molecule has 1 aromatic carbocycles. The lowest BCUT2D eigenvalue weighted by Crippen LogP contribution is -1.91. The minimum Gasteiger partial charge on any atom is -0.506 e. The fourth-order valence-electron chi connectivity index (χ4n) is 1.30. The van der Waals surface area contributed by atoms with Gasteiger partial charge in [0.15, 0.2) is 0 Å². The standard InChI is InChI=1S/C10H6ClF2NO/c11-6-2-1-5-3-8(15)9(10(12)13)14-7(5)4-6/h1-4,10,15H. The number of rotatable bonds is 1. The lowest BCUT2D eigenvalue weighted by atomic mass is 10.2. The Balaban J connectivity index is 2.72. The van der Waals surface area contributed by atoms with Crippen molar-refractivity contribution in [2.75, 3.05) is 0 Å². The third-order valence-electron chi connectivity index (χ3n) is 1.99. The van der Waals surface area contributed by atoms with Crippen LogP contribution >= 0.6 is 11.6 Å². The maximum Gasteiger partial charge on any atom is 0.284 e. The number of nitrogens with zero attached hydrogens (tertiary/aromatic N) is 1. The zero-order valence-electron chi connectivity index (χ0n) is 7.42. The van der Waals surface area contributed by atoms with Crippen LogP contribution in [-0.4, -0.2) is 10.1 Å². The minimum atomic E-state index is -2.80. The van der Waals surface area contributed by atoms with E-state index in [1.807, 2.05) is 0 Å². The summed E-state index contributed by atoms with van der Waals surface area (Å²) in [6, 6.07) is 5.94. The molecule has 2 aromatic rings. The number of halogens is 3. The molecule has 0 fully saturated rings. The predicted octanol–water partition coefficient (Wildman–Crippen LogP) is 3.53. The van der Waals surface area contributed by atoms with Gasteiger partial charge in [0.1, 0.15) is 11.4 Å². The summed E-state index contributed by atoms with van der Waals surface area (Å²) in [5, 5.41) is 10.3. The van der Waals surface area contributed by atoms with Gasteiger partial charge in [0.05, 0.1) is 5.52 Å². The van der Waals surface area contributed by atoms with Crippen molar-refractivity contribution < 1.29 is 13.9 Å². The van der Waals surface area contributed by atoms with Crippen molar-refractivity contribution in [3.63, 3.8) is 0 Å². The Hall–Kier alpha value is -1.42. The molecule has 78 valence electrons. The second kappa shape index (κ2) is 3.62. The van der Waals surface area contributed by atoms with E-state index in [0.717, 1.165) is 0 Å². The van der Waals surface area contributed by atoms with Crippen molar-refractivity contribution in [1.29, 1.82) is 0 Å². The number of alkyl halides is 2. The number of aromatic nitrogens is 1. The summed E-state index contributed by atoms with van der Waals surface area (Å²) in [5.41, 5.74) is -0.277. The van der Waals surface area contributed by atoms with Crippen LogP contribution in [-0.2, 0) is 0 Å². The number of aromatic hydroxyl groups is 1. The molecule has 0 bridgehead atoms. The summed E-state index contributed by atoms with van der Waals surface area (Å²) in [6.07, 6.45) is -2.80. The maximum atomic E-state index is 12.4. The largest absolute Gasteiger partial charge is 0.506 e. The molecule has 5 heteroatoms. The van der Waals surface area contributed by atoms with Gasteiger partial charge in [-0.3, -0.25) is 0 Å². The molecule has 1 aromatic heterocycles. The van der Waals surface area contributed by atoms with Gasteiger partial charge in [-0.15, -0.1) is 0 Å². The normalized spacial score (nSPS) is 11.2. The molecular formula is C10H6ClF2NO. The van der Waals surface area contributed by atoms with Gasteiger partial charge in [-0.05, 0) is 18.2 Å². The fraction of sp³-hybridized carbons (Fsp3) is 0.100. The lowest BCUT2D eigenvalue weighted by Gasteiger charge is -2.05. The number of hydrogen-bond acceptors (Lipinski definition) is 2. The van der Waals surface area contributed by atoms with Crippen molar-refractivity contribution in [2.24, 2.45) is 0 Å². The highest BCUT2D eigenvalue weighted by molar-refractivity contribution is 6.31. The molecule has 0 saturated heterocycles. The molecule has 0 atom stereocenters. The van der Waals surface area contributed by atoms with Crippen molar-refractivity contribution in [2.45, 2.75) is 6.43 Å². The predicted molar refractivity (Wildman–Crippen MR) is 53.4 cm³/mol. The van der Waals surface area contributed by atoms with Crippen LogP contribution in [0.3, 0.4) is 0 Å². The van der Waals surface area contributed by atoms with Crippen LogP contribution in [0.4, 0.5) is 8.78 Å².